The molecule has 0 radical (unpaired) electrons. The lowest BCUT2D eigenvalue weighted by molar-refractivity contribution is -0.115. The standard InChI is InChI=1S/C16H16N2O2S/c1-10-11(2)21-16(13(10)9-17)18-15(19)8-12-6-4-5-7-14(12)20-3/h4-7H,8H2,1-3H3,(H,18,19). The number of carbonyl (C=O) groups excluding carboxylic acids is 1. The van der Waals surface area contributed by atoms with Crippen LogP contribution in [0, 0.1) is 25.2 Å². The molecule has 0 spiro atoms. The molecule has 1 aromatic heterocycles. The van der Waals surface area contributed by atoms with Crippen LogP contribution in [0.2, 0.25) is 0 Å². The Labute approximate surface area is 128 Å². The Hall–Kier alpha value is -2.32. The smallest absolute Gasteiger partial charge is 0.229 e. The lowest BCUT2D eigenvalue weighted by Crippen LogP contribution is -2.14. The average Bonchev–Trinajstić information content (AvgIpc) is 2.73. The second-order valence-corrected chi connectivity index (χ2v) is 5.86. The third kappa shape index (κ3) is 3.23. The van der Waals surface area contributed by atoms with Gasteiger partial charge in [0.05, 0.1) is 19.1 Å². The minimum atomic E-state index is -0.155. The van der Waals surface area contributed by atoms with Crippen molar-refractivity contribution in [3.05, 3.63) is 45.8 Å². The number of para-hydroxylation sites is 1. The first-order chi connectivity index (χ1) is 10.1. The summed E-state index contributed by atoms with van der Waals surface area (Å²) in [5, 5.41) is 12.6. The highest BCUT2D eigenvalue weighted by Crippen LogP contribution is 2.31. The van der Waals surface area contributed by atoms with Gasteiger partial charge in [0, 0.05) is 10.4 Å². The highest BCUT2D eigenvalue weighted by atomic mass is 32.1. The van der Waals surface area contributed by atoms with Gasteiger partial charge in [0.15, 0.2) is 0 Å². The van der Waals surface area contributed by atoms with Crippen molar-refractivity contribution in [3.63, 3.8) is 0 Å². The molecule has 0 aliphatic rings. The number of thiophene rings is 1. The first kappa shape index (κ1) is 15.1. The molecular formula is C16H16N2O2S. The average molecular weight is 300 g/mol. The van der Waals surface area contributed by atoms with E-state index < -0.39 is 0 Å². The Morgan fingerprint density at radius 2 is 2.10 bits per heavy atom. The summed E-state index contributed by atoms with van der Waals surface area (Å²) in [4.78, 5) is 13.2. The van der Waals surface area contributed by atoms with Gasteiger partial charge in [-0.15, -0.1) is 11.3 Å². The van der Waals surface area contributed by atoms with E-state index in [2.05, 4.69) is 11.4 Å². The van der Waals surface area contributed by atoms with Crippen LogP contribution in [0.5, 0.6) is 5.75 Å². The van der Waals surface area contributed by atoms with E-state index in [1.807, 2.05) is 38.1 Å². The minimum Gasteiger partial charge on any atom is -0.496 e. The second-order valence-electron chi connectivity index (χ2n) is 4.64. The van der Waals surface area contributed by atoms with Gasteiger partial charge in [0.2, 0.25) is 5.91 Å². The van der Waals surface area contributed by atoms with E-state index in [0.717, 1.165) is 16.0 Å². The van der Waals surface area contributed by atoms with Crippen LogP contribution in [0.4, 0.5) is 5.00 Å². The predicted octanol–water partition coefficient (Wildman–Crippen LogP) is 3.43. The number of nitrogens with one attached hydrogen (secondary N) is 1. The Kier molecular flexibility index (Phi) is 4.61. The molecule has 1 N–H and O–H groups in total. The third-order valence-corrected chi connectivity index (χ3v) is 4.42. The Balaban J connectivity index is 2.16. The van der Waals surface area contributed by atoms with E-state index in [0.29, 0.717) is 16.3 Å². The Morgan fingerprint density at radius 1 is 1.38 bits per heavy atom. The summed E-state index contributed by atoms with van der Waals surface area (Å²) in [5.74, 6) is 0.531. The van der Waals surface area contributed by atoms with Gasteiger partial charge in [-0.2, -0.15) is 5.26 Å². The fourth-order valence-corrected chi connectivity index (χ4v) is 3.07. The molecule has 0 aliphatic carbocycles. The molecule has 2 rings (SSSR count). The number of benzene rings is 1. The van der Waals surface area contributed by atoms with Crippen molar-refractivity contribution in [2.75, 3.05) is 12.4 Å². The number of methoxy groups -OCH3 is 1. The first-order valence-corrected chi connectivity index (χ1v) is 7.30. The summed E-state index contributed by atoms with van der Waals surface area (Å²) < 4.78 is 5.23. The van der Waals surface area contributed by atoms with Crippen molar-refractivity contribution in [2.24, 2.45) is 0 Å². The monoisotopic (exact) mass is 300 g/mol. The topological polar surface area (TPSA) is 62.1 Å². The summed E-state index contributed by atoms with van der Waals surface area (Å²) in [5.41, 5.74) is 2.29. The maximum atomic E-state index is 12.2. The number of rotatable bonds is 4. The third-order valence-electron chi connectivity index (χ3n) is 3.29. The van der Waals surface area contributed by atoms with Crippen molar-refractivity contribution < 1.29 is 9.53 Å². The van der Waals surface area contributed by atoms with E-state index in [-0.39, 0.29) is 12.3 Å². The van der Waals surface area contributed by atoms with E-state index in [9.17, 15) is 10.1 Å². The van der Waals surface area contributed by atoms with Gasteiger partial charge in [0.25, 0.3) is 0 Å². The fraction of sp³-hybridized carbons (Fsp3) is 0.250. The molecule has 2 aromatic rings. The zero-order chi connectivity index (χ0) is 15.4. The molecule has 21 heavy (non-hydrogen) atoms. The van der Waals surface area contributed by atoms with E-state index in [4.69, 9.17) is 4.74 Å². The van der Waals surface area contributed by atoms with Gasteiger partial charge >= 0.3 is 0 Å². The summed E-state index contributed by atoms with van der Waals surface area (Å²) in [6, 6.07) is 9.55. The SMILES string of the molecule is COc1ccccc1CC(=O)Nc1sc(C)c(C)c1C#N. The Bertz CT molecular complexity index is 714. The van der Waals surface area contributed by atoms with Crippen LogP contribution in [-0.4, -0.2) is 13.0 Å². The van der Waals surface area contributed by atoms with Crippen molar-refractivity contribution in [2.45, 2.75) is 20.3 Å². The second kappa shape index (κ2) is 6.42. The zero-order valence-corrected chi connectivity index (χ0v) is 13.0. The summed E-state index contributed by atoms with van der Waals surface area (Å²) in [6.07, 6.45) is 0.213. The lowest BCUT2D eigenvalue weighted by atomic mass is 10.1. The molecule has 0 bridgehead atoms. The number of amides is 1. The highest BCUT2D eigenvalue weighted by Gasteiger charge is 2.15. The van der Waals surface area contributed by atoms with Crippen LogP contribution in [0.25, 0.3) is 0 Å². The molecule has 1 amide bonds. The number of anilines is 1. The van der Waals surface area contributed by atoms with Crippen LogP contribution >= 0.6 is 11.3 Å². The van der Waals surface area contributed by atoms with Crippen LogP contribution < -0.4 is 10.1 Å². The van der Waals surface area contributed by atoms with Crippen molar-refractivity contribution >= 4 is 22.2 Å². The molecule has 4 nitrogen and oxygen atoms in total. The van der Waals surface area contributed by atoms with E-state index in [1.54, 1.807) is 7.11 Å². The van der Waals surface area contributed by atoms with Crippen LogP contribution in [0.1, 0.15) is 21.6 Å². The molecule has 5 heteroatoms. The quantitative estimate of drug-likeness (QED) is 0.941. The normalized spacial score (nSPS) is 10.0. The van der Waals surface area contributed by atoms with Crippen molar-refractivity contribution in [3.8, 4) is 11.8 Å². The number of nitriles is 1. The molecule has 0 saturated carbocycles. The summed E-state index contributed by atoms with van der Waals surface area (Å²) in [6.45, 7) is 3.83. The number of ether oxygens (including phenoxy) is 1. The molecule has 0 fully saturated rings. The van der Waals surface area contributed by atoms with Crippen LogP contribution in [0.3, 0.4) is 0 Å². The maximum absolute atomic E-state index is 12.2. The number of hydrogen-bond acceptors (Lipinski definition) is 4. The largest absolute Gasteiger partial charge is 0.496 e. The highest BCUT2D eigenvalue weighted by molar-refractivity contribution is 7.16. The number of aryl methyl sites for hydroxylation is 1. The van der Waals surface area contributed by atoms with Gasteiger partial charge < -0.3 is 10.1 Å². The predicted molar refractivity (Wildman–Crippen MR) is 83.8 cm³/mol. The van der Waals surface area contributed by atoms with Crippen LogP contribution in [-0.2, 0) is 11.2 Å². The van der Waals surface area contributed by atoms with Crippen molar-refractivity contribution in [1.29, 1.82) is 5.26 Å². The number of nitrogens with zero attached hydrogens (tertiary/aromatic N) is 1. The molecule has 1 heterocycles. The lowest BCUT2D eigenvalue weighted by Gasteiger charge is -2.08. The summed E-state index contributed by atoms with van der Waals surface area (Å²) in [7, 11) is 1.58. The molecule has 108 valence electrons. The maximum Gasteiger partial charge on any atom is 0.229 e. The van der Waals surface area contributed by atoms with E-state index in [1.165, 1.54) is 11.3 Å². The fourth-order valence-electron chi connectivity index (χ4n) is 2.04. The molecule has 0 saturated heterocycles. The molecule has 0 atom stereocenters. The molecule has 0 aliphatic heterocycles. The molecule has 1 aromatic carbocycles. The van der Waals surface area contributed by atoms with Crippen LogP contribution in [0.15, 0.2) is 24.3 Å². The van der Waals surface area contributed by atoms with Gasteiger partial charge in [-0.25, -0.2) is 0 Å². The minimum absolute atomic E-state index is 0.155. The van der Waals surface area contributed by atoms with Gasteiger partial charge in [0.1, 0.15) is 16.8 Å². The van der Waals surface area contributed by atoms with Gasteiger partial charge in [-0.1, -0.05) is 18.2 Å². The first-order valence-electron chi connectivity index (χ1n) is 6.48. The number of hydrogen-bond donors (Lipinski definition) is 1. The van der Waals surface area contributed by atoms with Crippen molar-refractivity contribution in [1.82, 2.24) is 0 Å². The molecular weight excluding hydrogens is 284 g/mol. The number of carbonyl (C=O) groups is 1. The van der Waals surface area contributed by atoms with Gasteiger partial charge in [-0.3, -0.25) is 4.79 Å². The Morgan fingerprint density at radius 3 is 2.76 bits per heavy atom. The zero-order valence-electron chi connectivity index (χ0n) is 12.2. The summed E-state index contributed by atoms with van der Waals surface area (Å²) >= 11 is 1.43. The van der Waals surface area contributed by atoms with Gasteiger partial charge in [-0.05, 0) is 25.5 Å². The van der Waals surface area contributed by atoms with E-state index >= 15 is 0 Å². The molecule has 0 unspecified atom stereocenters.